The second-order valence-electron chi connectivity index (χ2n) is 7.55. The second-order valence-corrected chi connectivity index (χ2v) is 9.32. The summed E-state index contributed by atoms with van der Waals surface area (Å²) in [6.45, 7) is 1.41. The van der Waals surface area contributed by atoms with Gasteiger partial charge in [0.2, 0.25) is 0 Å². The van der Waals surface area contributed by atoms with E-state index in [2.05, 4.69) is 47.3 Å². The van der Waals surface area contributed by atoms with Gasteiger partial charge in [-0.2, -0.15) is 9.78 Å². The minimum Gasteiger partial charge on any atom is -0.493 e. The van der Waals surface area contributed by atoms with Gasteiger partial charge in [0, 0.05) is 20.2 Å². The molecule has 0 saturated carbocycles. The highest BCUT2D eigenvalue weighted by atomic mass is 79.9. The molecule has 0 aliphatic heterocycles. The highest BCUT2D eigenvalue weighted by Gasteiger charge is 2.13. The first kappa shape index (κ1) is 25.5. The second kappa shape index (κ2) is 11.0. The number of aromatic nitrogens is 2. The number of nitrogens with one attached hydrogen (secondary N) is 1. The molecule has 0 atom stereocenters. The number of methoxy groups -OCH3 is 1. The summed E-state index contributed by atoms with van der Waals surface area (Å²) in [5.74, 6) is 0.296. The molecule has 0 saturated heterocycles. The van der Waals surface area contributed by atoms with Gasteiger partial charge in [-0.3, -0.25) is 9.59 Å². The summed E-state index contributed by atoms with van der Waals surface area (Å²) in [5.41, 5.74) is 1.34. The van der Waals surface area contributed by atoms with Gasteiger partial charge >= 0.3 is 0 Å². The summed E-state index contributed by atoms with van der Waals surface area (Å²) in [4.78, 5) is 29.6. The number of anilines is 1. The molecule has 1 N–H and O–H groups in total. The number of aryl methyl sites for hydroxylation is 1. The summed E-state index contributed by atoms with van der Waals surface area (Å²) in [6, 6.07) is 14.0. The maximum Gasteiger partial charge on any atom is 0.282 e. The van der Waals surface area contributed by atoms with E-state index in [9.17, 15) is 14.0 Å². The molecule has 3 aromatic carbocycles. The van der Waals surface area contributed by atoms with Crippen LogP contribution in [0.15, 0.2) is 73.4 Å². The minimum absolute atomic E-state index is 0.291. The lowest BCUT2D eigenvalue weighted by Gasteiger charge is -2.13. The molecule has 0 unspecified atom stereocenters. The van der Waals surface area contributed by atoms with E-state index >= 15 is 0 Å². The molecule has 0 fully saturated rings. The topological polar surface area (TPSA) is 94.8 Å². The van der Waals surface area contributed by atoms with Crippen molar-refractivity contribution >= 4 is 60.6 Å². The molecular formula is C25H19Br2FN4O4. The molecule has 36 heavy (non-hydrogen) atoms. The summed E-state index contributed by atoms with van der Waals surface area (Å²) in [5, 5.41) is 7.39. The molecule has 1 amide bonds. The van der Waals surface area contributed by atoms with Gasteiger partial charge < -0.3 is 14.8 Å². The van der Waals surface area contributed by atoms with Crippen LogP contribution < -0.4 is 20.3 Å². The maximum absolute atomic E-state index is 13.0. The monoisotopic (exact) mass is 616 g/mol. The average molecular weight is 618 g/mol. The molecule has 0 radical (unpaired) electrons. The lowest BCUT2D eigenvalue weighted by molar-refractivity contribution is -0.118. The highest BCUT2D eigenvalue weighted by molar-refractivity contribution is 9.10. The van der Waals surface area contributed by atoms with Crippen molar-refractivity contribution in [2.24, 2.45) is 5.10 Å². The number of carbonyl (C=O) groups is 1. The predicted molar refractivity (Wildman–Crippen MR) is 143 cm³/mol. The van der Waals surface area contributed by atoms with E-state index < -0.39 is 11.7 Å². The molecule has 0 bridgehead atoms. The predicted octanol–water partition coefficient (Wildman–Crippen LogP) is 5.28. The zero-order chi connectivity index (χ0) is 25.8. The Hall–Kier alpha value is -3.57. The summed E-state index contributed by atoms with van der Waals surface area (Å²) >= 11 is 6.84. The molecule has 8 nitrogen and oxygen atoms in total. The quantitative estimate of drug-likeness (QED) is 0.285. The Bertz CT molecular complexity index is 1540. The SMILES string of the molecule is COc1cc(C=Nn2c(C)nc3ccc(Br)cc3c2=O)c(Br)cc1OCC(=O)Nc1ccc(F)cc1. The molecule has 184 valence electrons. The van der Waals surface area contributed by atoms with E-state index in [0.29, 0.717) is 43.9 Å². The van der Waals surface area contributed by atoms with Crippen molar-refractivity contribution in [1.29, 1.82) is 0 Å². The molecule has 4 aromatic rings. The number of hydrogen-bond acceptors (Lipinski definition) is 6. The van der Waals surface area contributed by atoms with E-state index in [1.54, 1.807) is 31.2 Å². The van der Waals surface area contributed by atoms with Crippen molar-refractivity contribution in [2.75, 3.05) is 19.0 Å². The number of halogens is 3. The molecule has 1 heterocycles. The van der Waals surface area contributed by atoms with E-state index in [1.165, 1.54) is 42.3 Å². The Morgan fingerprint density at radius 3 is 2.61 bits per heavy atom. The largest absolute Gasteiger partial charge is 0.493 e. The van der Waals surface area contributed by atoms with Crippen LogP contribution in [0.1, 0.15) is 11.4 Å². The van der Waals surface area contributed by atoms with Crippen LogP contribution in [0.25, 0.3) is 10.9 Å². The number of nitrogens with zero attached hydrogens (tertiary/aromatic N) is 3. The molecule has 0 spiro atoms. The molecule has 4 rings (SSSR count). The van der Waals surface area contributed by atoms with E-state index in [0.717, 1.165) is 4.47 Å². The van der Waals surface area contributed by atoms with Gasteiger partial charge in [0.15, 0.2) is 18.1 Å². The van der Waals surface area contributed by atoms with Crippen LogP contribution in [-0.2, 0) is 4.79 Å². The van der Waals surface area contributed by atoms with Crippen LogP contribution in [0.3, 0.4) is 0 Å². The Kier molecular flexibility index (Phi) is 7.80. The minimum atomic E-state index is -0.421. The van der Waals surface area contributed by atoms with Crippen molar-refractivity contribution in [3.05, 3.63) is 91.1 Å². The van der Waals surface area contributed by atoms with Crippen molar-refractivity contribution in [1.82, 2.24) is 9.66 Å². The first-order valence-corrected chi connectivity index (χ1v) is 12.1. The molecule has 0 aliphatic carbocycles. The van der Waals surface area contributed by atoms with Gasteiger partial charge in [0.1, 0.15) is 11.6 Å². The van der Waals surface area contributed by atoms with Crippen molar-refractivity contribution in [3.8, 4) is 11.5 Å². The van der Waals surface area contributed by atoms with Crippen LogP contribution in [0.2, 0.25) is 0 Å². The zero-order valence-corrected chi connectivity index (χ0v) is 22.3. The number of ether oxygens (including phenoxy) is 2. The molecular weight excluding hydrogens is 599 g/mol. The molecule has 1 aromatic heterocycles. The van der Waals surface area contributed by atoms with Crippen LogP contribution in [0, 0.1) is 12.7 Å². The number of benzene rings is 3. The Morgan fingerprint density at radius 2 is 1.89 bits per heavy atom. The van der Waals surface area contributed by atoms with Gasteiger partial charge in [-0.1, -0.05) is 15.9 Å². The summed E-state index contributed by atoms with van der Waals surface area (Å²) in [6.07, 6.45) is 1.50. The normalized spacial score (nSPS) is 11.1. The summed E-state index contributed by atoms with van der Waals surface area (Å²) < 4.78 is 26.6. The van der Waals surface area contributed by atoms with Crippen molar-refractivity contribution < 1.29 is 18.7 Å². The fraction of sp³-hybridized carbons (Fsp3) is 0.120. The lowest BCUT2D eigenvalue weighted by Crippen LogP contribution is -2.21. The number of fused-ring (bicyclic) bond motifs is 1. The first-order chi connectivity index (χ1) is 17.2. The van der Waals surface area contributed by atoms with E-state index in [1.807, 2.05) is 6.07 Å². The molecule has 11 heteroatoms. The van der Waals surface area contributed by atoms with E-state index in [-0.39, 0.29) is 12.2 Å². The fourth-order valence-electron chi connectivity index (χ4n) is 3.31. The van der Waals surface area contributed by atoms with Gasteiger partial charge in [0.25, 0.3) is 11.5 Å². The van der Waals surface area contributed by atoms with Crippen LogP contribution in [0.4, 0.5) is 10.1 Å². The van der Waals surface area contributed by atoms with Gasteiger partial charge in [0.05, 0.1) is 24.2 Å². The van der Waals surface area contributed by atoms with Crippen LogP contribution >= 0.6 is 31.9 Å². The zero-order valence-electron chi connectivity index (χ0n) is 19.1. The number of carbonyl (C=O) groups excluding carboxylic acids is 1. The standard InChI is InChI=1S/C25H19Br2FN4O4/c1-14-30-21-8-3-16(26)10-19(21)25(34)32(14)29-12-15-9-22(35-2)23(11-20(15)27)36-13-24(33)31-18-6-4-17(28)5-7-18/h3-12H,13H2,1-2H3,(H,31,33). The van der Waals surface area contributed by atoms with Gasteiger partial charge in [-0.15, -0.1) is 0 Å². The third-order valence-electron chi connectivity index (χ3n) is 5.05. The molecule has 0 aliphatic rings. The van der Waals surface area contributed by atoms with Crippen LogP contribution in [-0.4, -0.2) is 35.5 Å². The number of rotatable bonds is 7. The third kappa shape index (κ3) is 5.80. The lowest BCUT2D eigenvalue weighted by atomic mass is 10.2. The summed E-state index contributed by atoms with van der Waals surface area (Å²) in [7, 11) is 1.47. The first-order valence-electron chi connectivity index (χ1n) is 10.5. The maximum atomic E-state index is 13.0. The van der Waals surface area contributed by atoms with Crippen molar-refractivity contribution in [3.63, 3.8) is 0 Å². The van der Waals surface area contributed by atoms with Crippen LogP contribution in [0.5, 0.6) is 11.5 Å². The van der Waals surface area contributed by atoms with E-state index in [4.69, 9.17) is 9.47 Å². The average Bonchev–Trinajstić information content (AvgIpc) is 2.85. The smallest absolute Gasteiger partial charge is 0.282 e. The third-order valence-corrected chi connectivity index (χ3v) is 6.23. The van der Waals surface area contributed by atoms with Gasteiger partial charge in [-0.05, 0) is 77.5 Å². The van der Waals surface area contributed by atoms with Gasteiger partial charge in [-0.25, -0.2) is 9.37 Å². The fourth-order valence-corrected chi connectivity index (χ4v) is 4.10. The highest BCUT2D eigenvalue weighted by Crippen LogP contribution is 2.33. The Balaban J connectivity index is 1.54. The van der Waals surface area contributed by atoms with Crippen molar-refractivity contribution in [2.45, 2.75) is 6.92 Å². The Morgan fingerprint density at radius 1 is 1.14 bits per heavy atom. The number of amides is 1. The Labute approximate surface area is 222 Å². The number of hydrogen-bond donors (Lipinski definition) is 1.